The summed E-state index contributed by atoms with van der Waals surface area (Å²) in [6.07, 6.45) is 3.28. The second kappa shape index (κ2) is 8.81. The molecule has 23 heavy (non-hydrogen) atoms. The van der Waals surface area contributed by atoms with Gasteiger partial charge in [-0.05, 0) is 29.7 Å². The molecule has 0 spiro atoms. The summed E-state index contributed by atoms with van der Waals surface area (Å²) in [5.41, 5.74) is 0.605. The van der Waals surface area contributed by atoms with E-state index >= 15 is 0 Å². The Balaban J connectivity index is 2.98. The van der Waals surface area contributed by atoms with E-state index in [4.69, 9.17) is 20.4 Å². The topological polar surface area (TPSA) is 111 Å². The highest BCUT2D eigenvalue weighted by Crippen LogP contribution is 2.12. The molecule has 1 N–H and O–H groups in total. The highest BCUT2D eigenvalue weighted by molar-refractivity contribution is 5.98. The number of benzene rings is 1. The molecule has 0 aromatic heterocycles. The minimum Gasteiger partial charge on any atom is -0.477 e. The van der Waals surface area contributed by atoms with Crippen LogP contribution in [0.3, 0.4) is 0 Å². The Hall–Kier alpha value is -3.38. The number of esters is 1. The maximum atomic E-state index is 11.6. The molecule has 0 saturated carbocycles. The van der Waals surface area contributed by atoms with E-state index in [0.29, 0.717) is 17.5 Å². The van der Waals surface area contributed by atoms with Crippen LogP contribution in [-0.4, -0.2) is 23.7 Å². The van der Waals surface area contributed by atoms with Crippen LogP contribution in [0.4, 0.5) is 0 Å². The number of rotatable bonds is 6. The molecule has 1 rings (SSSR count). The van der Waals surface area contributed by atoms with Crippen molar-refractivity contribution in [1.82, 2.24) is 0 Å². The summed E-state index contributed by atoms with van der Waals surface area (Å²) in [4.78, 5) is 22.4. The van der Waals surface area contributed by atoms with Gasteiger partial charge in [0.25, 0.3) is 0 Å². The highest BCUT2D eigenvalue weighted by atomic mass is 16.5. The fourth-order valence-electron chi connectivity index (χ4n) is 1.57. The number of ether oxygens (including phenoxy) is 1. The minimum atomic E-state index is -1.30. The Bertz CT molecular complexity index is 731. The molecule has 0 unspecified atom stereocenters. The third kappa shape index (κ3) is 5.49. The third-order valence-electron chi connectivity index (χ3n) is 2.69. The largest absolute Gasteiger partial charge is 0.477 e. The van der Waals surface area contributed by atoms with Gasteiger partial charge in [-0.2, -0.15) is 10.5 Å². The highest BCUT2D eigenvalue weighted by Gasteiger charge is 2.10. The van der Waals surface area contributed by atoms with E-state index < -0.39 is 11.9 Å². The van der Waals surface area contributed by atoms with Gasteiger partial charge in [-0.25, -0.2) is 9.59 Å². The third-order valence-corrected chi connectivity index (χ3v) is 2.69. The number of aliphatic carboxylic acids is 1. The predicted octanol–water partition coefficient (Wildman–Crippen LogP) is 2.54. The molecule has 0 saturated heterocycles. The van der Waals surface area contributed by atoms with Crippen molar-refractivity contribution in [3.63, 3.8) is 0 Å². The van der Waals surface area contributed by atoms with Crippen LogP contribution in [-0.2, 0) is 14.3 Å². The lowest BCUT2D eigenvalue weighted by Crippen LogP contribution is -2.07. The van der Waals surface area contributed by atoms with Gasteiger partial charge < -0.3 is 9.84 Å². The number of hydrogen-bond acceptors (Lipinski definition) is 5. The molecule has 6 heteroatoms. The summed E-state index contributed by atoms with van der Waals surface area (Å²) in [7, 11) is 0. The van der Waals surface area contributed by atoms with Crippen LogP contribution < -0.4 is 0 Å². The number of carboxylic acids is 1. The van der Waals surface area contributed by atoms with Gasteiger partial charge in [-0.3, -0.25) is 0 Å². The Labute approximate surface area is 133 Å². The lowest BCUT2D eigenvalue weighted by molar-refractivity contribution is -0.138. The zero-order chi connectivity index (χ0) is 17.2. The molecule has 0 aliphatic rings. The van der Waals surface area contributed by atoms with Crippen LogP contribution in [0.1, 0.15) is 24.5 Å². The monoisotopic (exact) mass is 310 g/mol. The van der Waals surface area contributed by atoms with Crippen molar-refractivity contribution < 1.29 is 19.4 Å². The predicted molar refractivity (Wildman–Crippen MR) is 82.5 cm³/mol. The van der Waals surface area contributed by atoms with Crippen molar-refractivity contribution in [3.05, 3.63) is 46.5 Å². The molecular formula is C17H14N2O4. The second-order valence-electron chi connectivity index (χ2n) is 4.45. The molecule has 0 fully saturated rings. The number of nitriles is 2. The summed E-state index contributed by atoms with van der Waals surface area (Å²) in [6.45, 7) is 2.09. The Morgan fingerprint density at radius 1 is 1.09 bits per heavy atom. The van der Waals surface area contributed by atoms with Crippen LogP contribution in [0.25, 0.3) is 12.2 Å². The molecule has 0 amide bonds. The number of carboxylic acid groups (broad SMARTS) is 1. The normalized spacial score (nSPS) is 11.3. The summed E-state index contributed by atoms with van der Waals surface area (Å²) in [5, 5.41) is 26.5. The second-order valence-corrected chi connectivity index (χ2v) is 4.45. The molecule has 0 atom stereocenters. The van der Waals surface area contributed by atoms with E-state index in [1.54, 1.807) is 36.4 Å². The first-order chi connectivity index (χ1) is 11.0. The molecule has 0 bridgehead atoms. The number of carbonyl (C=O) groups is 2. The van der Waals surface area contributed by atoms with Crippen LogP contribution >= 0.6 is 0 Å². The Morgan fingerprint density at radius 3 is 1.96 bits per heavy atom. The van der Waals surface area contributed by atoms with Crippen molar-refractivity contribution >= 4 is 24.1 Å². The van der Waals surface area contributed by atoms with Gasteiger partial charge in [0, 0.05) is 0 Å². The molecule has 0 aliphatic heterocycles. The fourth-order valence-corrected chi connectivity index (χ4v) is 1.57. The van der Waals surface area contributed by atoms with Gasteiger partial charge in [0.15, 0.2) is 0 Å². The van der Waals surface area contributed by atoms with E-state index in [-0.39, 0.29) is 17.8 Å². The average molecular weight is 310 g/mol. The molecule has 1 aromatic carbocycles. The summed E-state index contributed by atoms with van der Waals surface area (Å²) < 4.78 is 4.89. The first-order valence-electron chi connectivity index (χ1n) is 6.76. The van der Waals surface area contributed by atoms with Crippen molar-refractivity contribution in [2.45, 2.75) is 13.3 Å². The van der Waals surface area contributed by atoms with Gasteiger partial charge in [0.05, 0.1) is 6.61 Å². The van der Waals surface area contributed by atoms with E-state index in [1.165, 1.54) is 12.2 Å². The van der Waals surface area contributed by atoms with Gasteiger partial charge in [-0.1, -0.05) is 31.2 Å². The van der Waals surface area contributed by atoms with Crippen molar-refractivity contribution in [2.24, 2.45) is 0 Å². The molecule has 0 radical (unpaired) electrons. The van der Waals surface area contributed by atoms with Crippen molar-refractivity contribution in [1.29, 1.82) is 10.5 Å². The van der Waals surface area contributed by atoms with Crippen LogP contribution in [0.15, 0.2) is 35.4 Å². The number of carbonyl (C=O) groups excluding carboxylic acids is 1. The summed E-state index contributed by atoms with van der Waals surface area (Å²) in [6, 6.07) is 9.74. The van der Waals surface area contributed by atoms with E-state index in [2.05, 4.69) is 0 Å². The zero-order valence-corrected chi connectivity index (χ0v) is 12.4. The van der Waals surface area contributed by atoms with Crippen LogP contribution in [0, 0.1) is 22.7 Å². The van der Waals surface area contributed by atoms with Crippen molar-refractivity contribution in [3.8, 4) is 12.1 Å². The molecule has 116 valence electrons. The zero-order valence-electron chi connectivity index (χ0n) is 12.4. The molecule has 6 nitrogen and oxygen atoms in total. The average Bonchev–Trinajstić information content (AvgIpc) is 2.56. The lowest BCUT2D eigenvalue weighted by atomic mass is 10.1. The molecule has 1 aromatic rings. The molecular weight excluding hydrogens is 296 g/mol. The Morgan fingerprint density at radius 2 is 1.57 bits per heavy atom. The maximum Gasteiger partial charge on any atom is 0.348 e. The molecule has 0 aliphatic carbocycles. The maximum absolute atomic E-state index is 11.6. The van der Waals surface area contributed by atoms with Gasteiger partial charge in [0.2, 0.25) is 0 Å². The van der Waals surface area contributed by atoms with E-state index in [0.717, 1.165) is 0 Å². The summed E-state index contributed by atoms with van der Waals surface area (Å²) in [5.74, 6) is -1.99. The van der Waals surface area contributed by atoms with Crippen molar-refractivity contribution in [2.75, 3.05) is 6.61 Å². The van der Waals surface area contributed by atoms with Gasteiger partial charge in [-0.15, -0.1) is 0 Å². The first-order valence-corrected chi connectivity index (χ1v) is 6.76. The lowest BCUT2D eigenvalue weighted by Gasteiger charge is -2.02. The SMILES string of the molecule is CCCOC(=O)C(C#N)=Cc1ccc(C=C(C#N)C(=O)O)cc1. The van der Waals surface area contributed by atoms with Gasteiger partial charge in [0.1, 0.15) is 23.3 Å². The Kier molecular flexibility index (Phi) is 6.77. The smallest absolute Gasteiger partial charge is 0.348 e. The van der Waals surface area contributed by atoms with E-state index in [1.807, 2.05) is 6.92 Å². The quantitative estimate of drug-likeness (QED) is 0.491. The number of hydrogen-bond donors (Lipinski definition) is 1. The first kappa shape index (κ1) is 17.7. The van der Waals surface area contributed by atoms with Crippen LogP contribution in [0.5, 0.6) is 0 Å². The van der Waals surface area contributed by atoms with Gasteiger partial charge >= 0.3 is 11.9 Å². The summed E-state index contributed by atoms with van der Waals surface area (Å²) >= 11 is 0. The number of nitrogens with zero attached hydrogens (tertiary/aromatic N) is 2. The minimum absolute atomic E-state index is 0.120. The fraction of sp³-hybridized carbons (Fsp3) is 0.176. The molecule has 0 heterocycles. The van der Waals surface area contributed by atoms with Crippen LogP contribution in [0.2, 0.25) is 0 Å². The van der Waals surface area contributed by atoms with E-state index in [9.17, 15) is 9.59 Å². The standard InChI is InChI=1S/C17H14N2O4/c1-2-7-23-17(22)15(11-19)9-13-5-3-12(4-6-13)8-14(10-18)16(20)21/h3-6,8-9H,2,7H2,1H3,(H,20,21).